The van der Waals surface area contributed by atoms with E-state index in [1.807, 2.05) is 35.9 Å². The number of nitrogens with zero attached hydrogens (tertiary/aromatic N) is 4. The van der Waals surface area contributed by atoms with Gasteiger partial charge in [-0.1, -0.05) is 12.8 Å². The molecule has 0 radical (unpaired) electrons. The predicted molar refractivity (Wildman–Crippen MR) is 115 cm³/mol. The van der Waals surface area contributed by atoms with Crippen molar-refractivity contribution in [3.05, 3.63) is 45.8 Å². The molecular formula is C21H20N6OS. The summed E-state index contributed by atoms with van der Waals surface area (Å²) < 4.78 is 2.97. The average Bonchev–Trinajstić information content (AvgIpc) is 3.28. The van der Waals surface area contributed by atoms with Crippen LogP contribution in [0.4, 0.5) is 11.5 Å². The molecule has 0 amide bonds. The van der Waals surface area contributed by atoms with E-state index < -0.39 is 0 Å². The molecule has 1 saturated carbocycles. The van der Waals surface area contributed by atoms with E-state index in [1.54, 1.807) is 17.5 Å². The summed E-state index contributed by atoms with van der Waals surface area (Å²) >= 11 is 1.63. The highest BCUT2D eigenvalue weighted by Crippen LogP contribution is 2.36. The third-order valence-electron chi connectivity index (χ3n) is 5.60. The van der Waals surface area contributed by atoms with Crippen LogP contribution in [0.5, 0.6) is 0 Å². The summed E-state index contributed by atoms with van der Waals surface area (Å²) in [4.78, 5) is 19.9. The van der Waals surface area contributed by atoms with Gasteiger partial charge in [0, 0.05) is 11.9 Å². The van der Waals surface area contributed by atoms with E-state index >= 15 is 0 Å². The number of hydrogen-bond acceptors (Lipinski definition) is 6. The van der Waals surface area contributed by atoms with Gasteiger partial charge in [0.05, 0.1) is 38.8 Å². The number of benzene rings is 1. The van der Waals surface area contributed by atoms with E-state index in [0.717, 1.165) is 52.1 Å². The van der Waals surface area contributed by atoms with Crippen molar-refractivity contribution in [2.45, 2.75) is 38.6 Å². The maximum absolute atomic E-state index is 12.6. The fourth-order valence-corrected chi connectivity index (χ4v) is 5.12. The van der Waals surface area contributed by atoms with E-state index in [4.69, 9.17) is 5.10 Å². The zero-order chi connectivity index (χ0) is 20.0. The SMILES string of the molecule is Cc1nc2ccc(Nc3nn(C4CCCC[C@@H]4C#N)c4cc[nH]c(=O)c34)cc2s1. The lowest BCUT2D eigenvalue weighted by Gasteiger charge is -2.27. The molecule has 8 heteroatoms. The van der Waals surface area contributed by atoms with Crippen LogP contribution in [0.2, 0.25) is 0 Å². The smallest absolute Gasteiger partial charge is 0.261 e. The van der Waals surface area contributed by atoms with Crippen molar-refractivity contribution in [3.8, 4) is 6.07 Å². The topological polar surface area (TPSA) is 99.4 Å². The van der Waals surface area contributed by atoms with Gasteiger partial charge in [0.15, 0.2) is 5.82 Å². The number of nitrogens with one attached hydrogen (secondary N) is 2. The van der Waals surface area contributed by atoms with E-state index in [1.165, 1.54) is 0 Å². The Morgan fingerprint density at radius 3 is 3.03 bits per heavy atom. The molecule has 3 heterocycles. The minimum absolute atomic E-state index is 0.0137. The number of H-pyrrole nitrogens is 1. The van der Waals surface area contributed by atoms with Crippen LogP contribution in [0, 0.1) is 24.2 Å². The van der Waals surface area contributed by atoms with Crippen LogP contribution in [0.25, 0.3) is 21.1 Å². The summed E-state index contributed by atoms with van der Waals surface area (Å²) in [5, 5.41) is 19.3. The van der Waals surface area contributed by atoms with Gasteiger partial charge in [-0.2, -0.15) is 10.4 Å². The van der Waals surface area contributed by atoms with Gasteiger partial charge in [-0.05, 0) is 44.0 Å². The average molecular weight is 404 g/mol. The number of anilines is 2. The van der Waals surface area contributed by atoms with E-state index in [0.29, 0.717) is 11.2 Å². The number of rotatable bonds is 3. The number of fused-ring (bicyclic) bond motifs is 2. The number of aromatic nitrogens is 4. The first-order valence-electron chi connectivity index (χ1n) is 9.78. The molecule has 3 aromatic heterocycles. The summed E-state index contributed by atoms with van der Waals surface area (Å²) in [6.07, 6.45) is 5.54. The van der Waals surface area contributed by atoms with Crippen LogP contribution in [-0.4, -0.2) is 19.7 Å². The molecule has 7 nitrogen and oxygen atoms in total. The van der Waals surface area contributed by atoms with E-state index in [9.17, 15) is 10.1 Å². The number of pyridine rings is 1. The molecular weight excluding hydrogens is 384 g/mol. The van der Waals surface area contributed by atoms with Crippen molar-refractivity contribution >= 4 is 44.0 Å². The van der Waals surface area contributed by atoms with Crippen molar-refractivity contribution < 1.29 is 0 Å². The minimum Gasteiger partial charge on any atom is -0.338 e. The third kappa shape index (κ3) is 3.08. The third-order valence-corrected chi connectivity index (χ3v) is 6.53. The van der Waals surface area contributed by atoms with Crippen LogP contribution >= 0.6 is 11.3 Å². The minimum atomic E-state index is -0.185. The lowest BCUT2D eigenvalue weighted by Crippen LogP contribution is -2.23. The summed E-state index contributed by atoms with van der Waals surface area (Å²) in [6, 6.07) is 10.2. The molecule has 1 unspecified atom stereocenters. The van der Waals surface area contributed by atoms with Crippen molar-refractivity contribution in [1.82, 2.24) is 19.7 Å². The van der Waals surface area contributed by atoms with Crippen LogP contribution < -0.4 is 10.9 Å². The van der Waals surface area contributed by atoms with Crippen molar-refractivity contribution in [3.63, 3.8) is 0 Å². The molecule has 1 aromatic carbocycles. The summed E-state index contributed by atoms with van der Waals surface area (Å²) in [6.45, 7) is 1.99. The Hall–Kier alpha value is -3.18. The first-order chi connectivity index (χ1) is 14.1. The maximum Gasteiger partial charge on any atom is 0.261 e. The molecule has 4 aromatic rings. The molecule has 1 aliphatic carbocycles. The van der Waals surface area contributed by atoms with Crippen molar-refractivity contribution in [1.29, 1.82) is 5.26 Å². The molecule has 2 N–H and O–H groups in total. The molecule has 146 valence electrons. The molecule has 5 rings (SSSR count). The Kier molecular flexibility index (Phi) is 4.32. The fraction of sp³-hybridized carbons (Fsp3) is 0.333. The highest BCUT2D eigenvalue weighted by molar-refractivity contribution is 7.18. The summed E-state index contributed by atoms with van der Waals surface area (Å²) in [5.74, 6) is 0.431. The Morgan fingerprint density at radius 2 is 2.17 bits per heavy atom. The van der Waals surface area contributed by atoms with Gasteiger partial charge in [-0.3, -0.25) is 9.48 Å². The normalized spacial score (nSPS) is 19.4. The van der Waals surface area contributed by atoms with E-state index in [-0.39, 0.29) is 17.5 Å². The van der Waals surface area contributed by atoms with Gasteiger partial charge in [0.2, 0.25) is 0 Å². The second-order valence-corrected chi connectivity index (χ2v) is 8.72. The maximum atomic E-state index is 12.6. The lowest BCUT2D eigenvalue weighted by molar-refractivity contribution is 0.277. The second kappa shape index (κ2) is 7.01. The van der Waals surface area contributed by atoms with Crippen LogP contribution in [-0.2, 0) is 0 Å². The molecule has 0 saturated heterocycles. The van der Waals surface area contributed by atoms with E-state index in [2.05, 4.69) is 21.4 Å². The predicted octanol–water partition coefficient (Wildman–Crippen LogP) is 4.64. The zero-order valence-electron chi connectivity index (χ0n) is 16.0. The van der Waals surface area contributed by atoms with Gasteiger partial charge in [-0.25, -0.2) is 4.98 Å². The highest BCUT2D eigenvalue weighted by atomic mass is 32.1. The standard InChI is InChI=1S/C21H20N6OS/c1-12-24-15-7-6-14(10-18(15)29-12)25-20-19-17(8-9-23-21(19)28)27(26-20)16-5-3-2-4-13(16)11-22/h6-10,13,16H,2-5H2,1H3,(H,23,28)(H,25,26)/t13-,16?/m1/s1. The molecule has 1 aliphatic rings. The fourth-order valence-electron chi connectivity index (χ4n) is 4.25. The second-order valence-electron chi connectivity index (χ2n) is 7.49. The summed E-state index contributed by atoms with van der Waals surface area (Å²) in [5.41, 5.74) is 2.40. The van der Waals surface area contributed by atoms with Gasteiger partial charge in [-0.15, -0.1) is 11.3 Å². The Bertz CT molecular complexity index is 1310. The highest BCUT2D eigenvalue weighted by Gasteiger charge is 2.29. The first kappa shape index (κ1) is 17.9. The van der Waals surface area contributed by atoms with Crippen molar-refractivity contribution in [2.24, 2.45) is 5.92 Å². The molecule has 0 bridgehead atoms. The molecule has 1 fully saturated rings. The number of nitriles is 1. The van der Waals surface area contributed by atoms with Gasteiger partial charge >= 0.3 is 0 Å². The molecule has 0 aliphatic heterocycles. The van der Waals surface area contributed by atoms with Crippen molar-refractivity contribution in [2.75, 3.05) is 5.32 Å². The Morgan fingerprint density at radius 1 is 1.31 bits per heavy atom. The number of thiazole rings is 1. The van der Waals surface area contributed by atoms with Crippen LogP contribution in [0.1, 0.15) is 36.7 Å². The molecule has 29 heavy (non-hydrogen) atoms. The van der Waals surface area contributed by atoms with Gasteiger partial charge in [0.25, 0.3) is 5.56 Å². The molecule has 0 spiro atoms. The van der Waals surface area contributed by atoms with Crippen LogP contribution in [0.3, 0.4) is 0 Å². The molecule has 2 atom stereocenters. The van der Waals surface area contributed by atoms with Gasteiger partial charge in [0.1, 0.15) is 5.39 Å². The first-order valence-corrected chi connectivity index (χ1v) is 10.6. The zero-order valence-corrected chi connectivity index (χ0v) is 16.8. The Labute approximate surface area is 171 Å². The monoisotopic (exact) mass is 404 g/mol. The number of aryl methyl sites for hydroxylation is 1. The van der Waals surface area contributed by atoms with Gasteiger partial charge < -0.3 is 10.3 Å². The Balaban J connectivity index is 1.61. The quantitative estimate of drug-likeness (QED) is 0.518. The number of hydrogen-bond donors (Lipinski definition) is 2. The van der Waals surface area contributed by atoms with Crippen LogP contribution in [0.15, 0.2) is 35.3 Å². The lowest BCUT2D eigenvalue weighted by atomic mass is 9.85. The summed E-state index contributed by atoms with van der Waals surface area (Å²) in [7, 11) is 0. The largest absolute Gasteiger partial charge is 0.338 e. The number of aromatic amines is 1.